The Bertz CT molecular complexity index is 1380. The third-order valence-corrected chi connectivity index (χ3v) is 5.36. The fraction of sp³-hybridized carbons (Fsp3) is 0.120. The minimum absolute atomic E-state index is 0.952. The lowest BCUT2D eigenvalue weighted by Crippen LogP contribution is -1.95. The Labute approximate surface area is 169 Å². The number of hydrogen-bond donors (Lipinski definition) is 1. The summed E-state index contributed by atoms with van der Waals surface area (Å²) in [5.41, 5.74) is 9.71. The van der Waals surface area contributed by atoms with E-state index in [4.69, 9.17) is 0 Å². The van der Waals surface area contributed by atoms with Crippen LogP contribution in [0.2, 0.25) is 0 Å². The Morgan fingerprint density at radius 2 is 1.66 bits per heavy atom. The lowest BCUT2D eigenvalue weighted by molar-refractivity contribution is 0.827. The van der Waals surface area contributed by atoms with E-state index in [0.29, 0.717) is 0 Å². The van der Waals surface area contributed by atoms with Gasteiger partial charge in [-0.2, -0.15) is 5.10 Å². The van der Waals surface area contributed by atoms with Crippen LogP contribution >= 0.6 is 0 Å². The van der Waals surface area contributed by atoms with Crippen molar-refractivity contribution in [2.45, 2.75) is 20.4 Å². The Morgan fingerprint density at radius 3 is 2.52 bits per heavy atom. The van der Waals surface area contributed by atoms with Crippen molar-refractivity contribution < 1.29 is 0 Å². The van der Waals surface area contributed by atoms with Crippen LogP contribution in [-0.4, -0.2) is 15.8 Å². The van der Waals surface area contributed by atoms with Gasteiger partial charge in [-0.15, -0.1) is 0 Å². The number of rotatable bonds is 4. The number of benzene rings is 3. The van der Waals surface area contributed by atoms with Crippen molar-refractivity contribution in [1.82, 2.24) is 9.55 Å². The highest BCUT2D eigenvalue weighted by molar-refractivity contribution is 6.09. The van der Waals surface area contributed by atoms with Crippen LogP contribution in [0.3, 0.4) is 0 Å². The third kappa shape index (κ3) is 3.03. The second kappa shape index (κ2) is 7.06. The molecule has 5 rings (SSSR count). The van der Waals surface area contributed by atoms with E-state index in [9.17, 15) is 0 Å². The van der Waals surface area contributed by atoms with Crippen molar-refractivity contribution in [3.05, 3.63) is 84.1 Å². The summed E-state index contributed by atoms with van der Waals surface area (Å²) < 4.78 is 2.36. The van der Waals surface area contributed by atoms with Crippen molar-refractivity contribution in [1.29, 1.82) is 0 Å². The number of aromatic nitrogens is 2. The summed E-state index contributed by atoms with van der Waals surface area (Å²) in [7, 11) is 0. The molecule has 0 aliphatic heterocycles. The molecule has 29 heavy (non-hydrogen) atoms. The predicted octanol–water partition coefficient (Wildman–Crippen LogP) is 6.12. The summed E-state index contributed by atoms with van der Waals surface area (Å²) in [6.45, 7) is 5.14. The molecule has 0 fully saturated rings. The standard InChI is InChI=1S/C25H22N4/c1-3-29-24-11-7-5-8-19(24)21-15-18(12-13-25(21)29)16-26-28-23-14-17(2)27-22-10-6-4-9-20(22)23/h4-16H,3H2,1-2H3,(H,27,28)/b26-16+. The molecule has 0 saturated heterocycles. The first-order chi connectivity index (χ1) is 14.2. The number of nitrogens with zero attached hydrogens (tertiary/aromatic N) is 3. The fourth-order valence-corrected chi connectivity index (χ4v) is 4.07. The molecular weight excluding hydrogens is 356 g/mol. The average molecular weight is 378 g/mol. The smallest absolute Gasteiger partial charge is 0.0726 e. The van der Waals surface area contributed by atoms with E-state index in [1.807, 2.05) is 37.4 Å². The van der Waals surface area contributed by atoms with Gasteiger partial charge in [-0.1, -0.05) is 42.5 Å². The zero-order valence-corrected chi connectivity index (χ0v) is 16.6. The highest BCUT2D eigenvalue weighted by atomic mass is 15.3. The number of pyridine rings is 1. The number of fused-ring (bicyclic) bond motifs is 4. The maximum absolute atomic E-state index is 4.58. The van der Waals surface area contributed by atoms with E-state index < -0.39 is 0 Å². The molecule has 2 aromatic heterocycles. The van der Waals surface area contributed by atoms with Crippen molar-refractivity contribution in [2.75, 3.05) is 5.43 Å². The van der Waals surface area contributed by atoms with E-state index in [1.54, 1.807) is 0 Å². The topological polar surface area (TPSA) is 42.2 Å². The quantitative estimate of drug-likeness (QED) is 0.302. The van der Waals surface area contributed by atoms with Gasteiger partial charge in [0.25, 0.3) is 0 Å². The molecule has 0 aliphatic carbocycles. The van der Waals surface area contributed by atoms with Gasteiger partial charge in [0.2, 0.25) is 0 Å². The zero-order valence-electron chi connectivity index (χ0n) is 16.6. The van der Waals surface area contributed by atoms with Gasteiger partial charge in [-0.05, 0) is 49.7 Å². The van der Waals surface area contributed by atoms with E-state index >= 15 is 0 Å². The number of para-hydroxylation sites is 2. The van der Waals surface area contributed by atoms with E-state index in [2.05, 4.69) is 75.5 Å². The molecule has 1 N–H and O–H groups in total. The summed E-state index contributed by atoms with van der Waals surface area (Å²) in [6, 6.07) is 25.2. The normalized spacial score (nSPS) is 11.8. The molecule has 3 aromatic carbocycles. The van der Waals surface area contributed by atoms with Crippen LogP contribution in [0.4, 0.5) is 5.69 Å². The van der Waals surface area contributed by atoms with Crippen LogP contribution in [0.5, 0.6) is 0 Å². The van der Waals surface area contributed by atoms with Crippen LogP contribution in [0.1, 0.15) is 18.2 Å². The molecule has 4 nitrogen and oxygen atoms in total. The second-order valence-corrected chi connectivity index (χ2v) is 7.24. The van der Waals surface area contributed by atoms with Crippen molar-refractivity contribution in [3.63, 3.8) is 0 Å². The first kappa shape index (κ1) is 17.4. The molecule has 5 aromatic rings. The van der Waals surface area contributed by atoms with Crippen LogP contribution in [0.15, 0.2) is 77.9 Å². The van der Waals surface area contributed by atoms with E-state index in [1.165, 1.54) is 21.8 Å². The SMILES string of the molecule is CCn1c2ccccc2c2cc(/C=N/Nc3cc(C)nc4ccccc34)ccc21. The number of nitrogens with one attached hydrogen (secondary N) is 1. The fourth-order valence-electron chi connectivity index (χ4n) is 4.07. The first-order valence-electron chi connectivity index (χ1n) is 9.91. The maximum Gasteiger partial charge on any atom is 0.0726 e. The molecule has 0 aliphatic rings. The Kier molecular flexibility index (Phi) is 4.24. The molecule has 0 saturated carbocycles. The monoisotopic (exact) mass is 378 g/mol. The van der Waals surface area contributed by atoms with Gasteiger partial charge >= 0.3 is 0 Å². The highest BCUT2D eigenvalue weighted by Gasteiger charge is 2.09. The second-order valence-electron chi connectivity index (χ2n) is 7.24. The first-order valence-corrected chi connectivity index (χ1v) is 9.91. The summed E-state index contributed by atoms with van der Waals surface area (Å²) in [6.07, 6.45) is 1.88. The van der Waals surface area contributed by atoms with Gasteiger partial charge in [0.15, 0.2) is 0 Å². The molecule has 0 atom stereocenters. The number of hydrogen-bond acceptors (Lipinski definition) is 3. The molecule has 2 heterocycles. The number of hydrazone groups is 1. The van der Waals surface area contributed by atoms with Crippen molar-refractivity contribution >= 4 is 44.6 Å². The molecule has 0 unspecified atom stereocenters. The van der Waals surface area contributed by atoms with Gasteiger partial charge in [0.05, 0.1) is 17.4 Å². The largest absolute Gasteiger partial charge is 0.341 e. The Balaban J connectivity index is 1.51. The van der Waals surface area contributed by atoms with Crippen molar-refractivity contribution in [2.24, 2.45) is 5.10 Å². The predicted molar refractivity (Wildman–Crippen MR) is 123 cm³/mol. The Morgan fingerprint density at radius 1 is 0.897 bits per heavy atom. The number of anilines is 1. The van der Waals surface area contributed by atoms with Crippen LogP contribution < -0.4 is 5.43 Å². The van der Waals surface area contributed by atoms with Crippen molar-refractivity contribution in [3.8, 4) is 0 Å². The van der Waals surface area contributed by atoms with Crippen LogP contribution in [0, 0.1) is 6.92 Å². The number of aryl methyl sites for hydroxylation is 2. The van der Waals surface area contributed by atoms with Crippen LogP contribution in [0.25, 0.3) is 32.7 Å². The van der Waals surface area contributed by atoms with Gasteiger partial charge in [-0.25, -0.2) is 0 Å². The maximum atomic E-state index is 4.58. The summed E-state index contributed by atoms with van der Waals surface area (Å²) in [4.78, 5) is 4.58. The van der Waals surface area contributed by atoms with E-state index in [0.717, 1.165) is 34.4 Å². The summed E-state index contributed by atoms with van der Waals surface area (Å²) in [5, 5.41) is 8.12. The molecule has 0 spiro atoms. The van der Waals surface area contributed by atoms with E-state index in [-0.39, 0.29) is 0 Å². The zero-order chi connectivity index (χ0) is 19.8. The third-order valence-electron chi connectivity index (χ3n) is 5.36. The summed E-state index contributed by atoms with van der Waals surface area (Å²) >= 11 is 0. The molecule has 4 heteroatoms. The lowest BCUT2D eigenvalue weighted by atomic mass is 10.1. The van der Waals surface area contributed by atoms with Gasteiger partial charge < -0.3 is 4.57 Å². The molecule has 0 amide bonds. The van der Waals surface area contributed by atoms with Gasteiger partial charge in [0, 0.05) is 39.4 Å². The Hall–Kier alpha value is -3.66. The highest BCUT2D eigenvalue weighted by Crippen LogP contribution is 2.29. The molecule has 0 radical (unpaired) electrons. The minimum Gasteiger partial charge on any atom is -0.341 e. The molecule has 0 bridgehead atoms. The summed E-state index contributed by atoms with van der Waals surface area (Å²) in [5.74, 6) is 0. The van der Waals surface area contributed by atoms with Gasteiger partial charge in [0.1, 0.15) is 0 Å². The molecular formula is C25H22N4. The minimum atomic E-state index is 0.952. The molecule has 142 valence electrons. The van der Waals surface area contributed by atoms with Gasteiger partial charge in [-0.3, -0.25) is 10.4 Å². The lowest BCUT2D eigenvalue weighted by Gasteiger charge is -2.07. The average Bonchev–Trinajstić information content (AvgIpc) is 3.06. The van der Waals surface area contributed by atoms with Crippen LogP contribution in [-0.2, 0) is 6.54 Å².